The lowest BCUT2D eigenvalue weighted by Crippen LogP contribution is -2.41. The van der Waals surface area contributed by atoms with Gasteiger partial charge in [-0.2, -0.15) is 0 Å². The van der Waals surface area contributed by atoms with Gasteiger partial charge in [0.1, 0.15) is 6.61 Å². The first-order valence-electron chi connectivity index (χ1n) is 4.83. The number of carboxylic acid groups (broad SMARTS) is 2. The Balaban J connectivity index is 4.11. The minimum Gasteiger partial charge on any atom is -0.480 e. The largest absolute Gasteiger partial charge is 0.480 e. The number of amides is 1. The monoisotopic (exact) mass is 259 g/mol. The van der Waals surface area contributed by atoms with Crippen LogP contribution < -0.4 is 5.32 Å². The number of carboxylic acids is 2. The molecule has 0 aliphatic carbocycles. The van der Waals surface area contributed by atoms with E-state index in [1.807, 2.05) is 5.32 Å². The van der Waals surface area contributed by atoms with Gasteiger partial charge in [0.15, 0.2) is 0 Å². The van der Waals surface area contributed by atoms with Gasteiger partial charge in [0.2, 0.25) is 11.8 Å². The molecule has 0 radical (unpaired) electrons. The van der Waals surface area contributed by atoms with Crippen molar-refractivity contribution in [3.8, 4) is 0 Å². The van der Waals surface area contributed by atoms with Crippen molar-refractivity contribution in [1.82, 2.24) is 5.32 Å². The Hall–Kier alpha value is -2.38. The van der Waals surface area contributed by atoms with Gasteiger partial charge in [-0.05, 0) is 6.92 Å². The topological polar surface area (TPSA) is 130 Å². The Morgan fingerprint density at radius 1 is 1.22 bits per heavy atom. The van der Waals surface area contributed by atoms with E-state index in [0.29, 0.717) is 0 Å². The SMILES string of the molecule is C=C(C)C(=O)OCCNC(=O)C(C(=O)O)C(=O)O. The second kappa shape index (κ2) is 7.05. The minimum atomic E-state index is -2.18. The second-order valence-electron chi connectivity index (χ2n) is 3.32. The van der Waals surface area contributed by atoms with E-state index in [1.165, 1.54) is 6.92 Å². The normalized spacial score (nSPS) is 9.67. The van der Waals surface area contributed by atoms with Crippen LogP contribution in [0.4, 0.5) is 0 Å². The van der Waals surface area contributed by atoms with Gasteiger partial charge < -0.3 is 20.3 Å². The molecule has 3 N–H and O–H groups in total. The van der Waals surface area contributed by atoms with Crippen LogP contribution in [0, 0.1) is 5.92 Å². The number of aliphatic carboxylic acids is 2. The lowest BCUT2D eigenvalue weighted by Gasteiger charge is -2.09. The van der Waals surface area contributed by atoms with Crippen molar-refractivity contribution < 1.29 is 34.1 Å². The van der Waals surface area contributed by atoms with Gasteiger partial charge in [-0.25, -0.2) is 4.79 Å². The first-order valence-corrected chi connectivity index (χ1v) is 4.83. The third-order valence-corrected chi connectivity index (χ3v) is 1.74. The molecule has 8 nitrogen and oxygen atoms in total. The molecule has 0 atom stereocenters. The molecule has 0 rings (SSSR count). The van der Waals surface area contributed by atoms with Crippen molar-refractivity contribution in [1.29, 1.82) is 0 Å². The van der Waals surface area contributed by atoms with Crippen LogP contribution in [0.3, 0.4) is 0 Å². The van der Waals surface area contributed by atoms with Gasteiger partial charge >= 0.3 is 17.9 Å². The van der Waals surface area contributed by atoms with E-state index in [-0.39, 0.29) is 18.7 Å². The highest BCUT2D eigenvalue weighted by Gasteiger charge is 2.33. The molecule has 0 aromatic carbocycles. The number of rotatable bonds is 7. The fourth-order valence-corrected chi connectivity index (χ4v) is 0.873. The van der Waals surface area contributed by atoms with Crippen LogP contribution in [0.5, 0.6) is 0 Å². The van der Waals surface area contributed by atoms with Crippen LogP contribution >= 0.6 is 0 Å². The predicted molar refractivity (Wildman–Crippen MR) is 57.5 cm³/mol. The van der Waals surface area contributed by atoms with Crippen molar-refractivity contribution in [2.75, 3.05) is 13.2 Å². The molecular formula is C10H13NO7. The van der Waals surface area contributed by atoms with Crippen LogP contribution in [0.25, 0.3) is 0 Å². The van der Waals surface area contributed by atoms with E-state index in [0.717, 1.165) is 0 Å². The zero-order valence-corrected chi connectivity index (χ0v) is 9.63. The van der Waals surface area contributed by atoms with E-state index in [9.17, 15) is 19.2 Å². The summed E-state index contributed by atoms with van der Waals surface area (Å²) >= 11 is 0. The number of esters is 1. The molecule has 0 aliphatic rings. The van der Waals surface area contributed by atoms with Crippen LogP contribution in [-0.2, 0) is 23.9 Å². The number of nitrogens with one attached hydrogen (secondary N) is 1. The summed E-state index contributed by atoms with van der Waals surface area (Å²) in [6.07, 6.45) is 0. The van der Waals surface area contributed by atoms with Crippen molar-refractivity contribution in [3.63, 3.8) is 0 Å². The first kappa shape index (κ1) is 15.6. The van der Waals surface area contributed by atoms with Crippen molar-refractivity contribution in [2.24, 2.45) is 5.92 Å². The molecule has 8 heteroatoms. The molecule has 0 aromatic rings. The molecule has 0 bridgehead atoms. The van der Waals surface area contributed by atoms with Gasteiger partial charge in [-0.3, -0.25) is 14.4 Å². The van der Waals surface area contributed by atoms with Crippen LogP contribution in [-0.4, -0.2) is 47.2 Å². The maximum Gasteiger partial charge on any atom is 0.333 e. The van der Waals surface area contributed by atoms with Gasteiger partial charge in [0.05, 0.1) is 6.54 Å². The first-order chi connectivity index (χ1) is 8.27. The third kappa shape index (κ3) is 5.10. The lowest BCUT2D eigenvalue weighted by molar-refractivity contribution is -0.158. The minimum absolute atomic E-state index is 0.176. The van der Waals surface area contributed by atoms with Gasteiger partial charge in [0.25, 0.3) is 0 Å². The lowest BCUT2D eigenvalue weighted by atomic mass is 10.1. The molecule has 0 spiro atoms. The van der Waals surface area contributed by atoms with Crippen molar-refractivity contribution in [2.45, 2.75) is 6.92 Å². The summed E-state index contributed by atoms with van der Waals surface area (Å²) < 4.78 is 4.61. The standard InChI is InChI=1S/C10H13NO7/c1-5(2)10(17)18-4-3-11-7(12)6(8(13)14)9(15)16/h6H,1,3-4H2,2H3,(H,11,12)(H,13,14)(H,15,16). The highest BCUT2D eigenvalue weighted by Crippen LogP contribution is 1.97. The zero-order valence-electron chi connectivity index (χ0n) is 9.63. The maximum absolute atomic E-state index is 11.2. The van der Waals surface area contributed by atoms with E-state index < -0.39 is 29.7 Å². The molecule has 0 heterocycles. The summed E-state index contributed by atoms with van der Waals surface area (Å²) in [4.78, 5) is 43.0. The molecular weight excluding hydrogens is 246 g/mol. The van der Waals surface area contributed by atoms with Gasteiger partial charge in [-0.15, -0.1) is 0 Å². The number of ether oxygens (including phenoxy) is 1. The maximum atomic E-state index is 11.2. The Bertz CT molecular complexity index is 374. The molecule has 0 saturated carbocycles. The summed E-state index contributed by atoms with van der Waals surface area (Å²) in [5.41, 5.74) is 0.176. The summed E-state index contributed by atoms with van der Waals surface area (Å²) in [6, 6.07) is 0. The van der Waals surface area contributed by atoms with Crippen LogP contribution in [0.1, 0.15) is 6.92 Å². The fourth-order valence-electron chi connectivity index (χ4n) is 0.873. The zero-order chi connectivity index (χ0) is 14.3. The fraction of sp³-hybridized carbons (Fsp3) is 0.400. The van der Waals surface area contributed by atoms with E-state index in [2.05, 4.69) is 11.3 Å². The summed E-state index contributed by atoms with van der Waals surface area (Å²) in [5.74, 6) is -7.54. The van der Waals surface area contributed by atoms with Crippen molar-refractivity contribution >= 4 is 23.8 Å². The average molecular weight is 259 g/mol. The third-order valence-electron chi connectivity index (χ3n) is 1.74. The average Bonchev–Trinajstić information content (AvgIpc) is 2.22. The predicted octanol–water partition coefficient (Wildman–Crippen LogP) is -0.993. The molecule has 0 saturated heterocycles. The molecule has 0 unspecified atom stereocenters. The van der Waals surface area contributed by atoms with Gasteiger partial charge in [-0.1, -0.05) is 6.58 Å². The second-order valence-corrected chi connectivity index (χ2v) is 3.32. The summed E-state index contributed by atoms with van der Waals surface area (Å²) in [7, 11) is 0. The quantitative estimate of drug-likeness (QED) is 0.231. The molecule has 0 aliphatic heterocycles. The Morgan fingerprint density at radius 2 is 1.72 bits per heavy atom. The number of carbonyl (C=O) groups is 4. The van der Waals surface area contributed by atoms with Crippen LogP contribution in [0.2, 0.25) is 0 Å². The molecule has 1 amide bonds. The molecule has 100 valence electrons. The van der Waals surface area contributed by atoms with Crippen LogP contribution in [0.15, 0.2) is 12.2 Å². The highest BCUT2D eigenvalue weighted by molar-refractivity contribution is 6.13. The Kier molecular flexibility index (Phi) is 6.11. The van der Waals surface area contributed by atoms with E-state index >= 15 is 0 Å². The van der Waals surface area contributed by atoms with Gasteiger partial charge in [0, 0.05) is 5.57 Å². The molecule has 0 fully saturated rings. The Morgan fingerprint density at radius 3 is 2.11 bits per heavy atom. The number of hydrogen-bond acceptors (Lipinski definition) is 5. The van der Waals surface area contributed by atoms with Crippen molar-refractivity contribution in [3.05, 3.63) is 12.2 Å². The molecule has 18 heavy (non-hydrogen) atoms. The number of hydrogen-bond donors (Lipinski definition) is 3. The van der Waals surface area contributed by atoms with E-state index in [4.69, 9.17) is 10.2 Å². The number of carbonyl (C=O) groups excluding carboxylic acids is 2. The summed E-state index contributed by atoms with van der Waals surface area (Å²) in [5, 5.41) is 19.0. The highest BCUT2D eigenvalue weighted by atomic mass is 16.5. The Labute approximate surface area is 102 Å². The van der Waals surface area contributed by atoms with E-state index in [1.54, 1.807) is 0 Å². The smallest absolute Gasteiger partial charge is 0.333 e. The molecule has 0 aromatic heterocycles. The summed E-state index contributed by atoms with van der Waals surface area (Å²) in [6.45, 7) is 4.37.